The van der Waals surface area contributed by atoms with E-state index in [1.807, 2.05) is 6.07 Å². The molecule has 0 spiro atoms. The highest BCUT2D eigenvalue weighted by molar-refractivity contribution is 7.91. The number of aliphatic hydroxyl groups excluding tert-OH is 1. The van der Waals surface area contributed by atoms with E-state index in [0.29, 0.717) is 0 Å². The summed E-state index contributed by atoms with van der Waals surface area (Å²) in [6, 6.07) is 15.5. The number of alkyl carbamates (subject to hydrolysis) is 1. The molecule has 2 aromatic rings. The van der Waals surface area contributed by atoms with Crippen LogP contribution >= 0.6 is 0 Å². The van der Waals surface area contributed by atoms with Gasteiger partial charge in [0.15, 0.2) is 9.84 Å². The van der Waals surface area contributed by atoms with Crippen LogP contribution in [-0.4, -0.2) is 55.9 Å². The number of amides is 3. The first-order valence-electron chi connectivity index (χ1n) is 10.2. The van der Waals surface area contributed by atoms with Gasteiger partial charge >= 0.3 is 6.09 Å². The molecule has 0 saturated heterocycles. The van der Waals surface area contributed by atoms with Crippen LogP contribution in [0.3, 0.4) is 0 Å². The fourth-order valence-electron chi connectivity index (χ4n) is 2.82. The van der Waals surface area contributed by atoms with Gasteiger partial charge in [-0.25, -0.2) is 13.2 Å². The van der Waals surface area contributed by atoms with E-state index < -0.39 is 52.1 Å². The molecule has 2 aromatic carbocycles. The standard InChI is InChI=1S/C22H27N3O7S/c23-21(28)19(11-12-33(30,31)18-9-5-2-6-10-18)25-20(27)13-17(26)14-24-22(29)32-15-16-7-3-1-4-8-16/h1-10,17,19,26H,11-15H2,(H2,23,28)(H,24,29)(H,25,27)/t17-,19+/m1/s1. The molecule has 5 N–H and O–H groups in total. The maximum absolute atomic E-state index is 12.4. The van der Waals surface area contributed by atoms with Crippen LogP contribution in [0.4, 0.5) is 4.79 Å². The Morgan fingerprint density at radius 1 is 1.00 bits per heavy atom. The van der Waals surface area contributed by atoms with Crippen LogP contribution in [0, 0.1) is 0 Å². The fraction of sp³-hybridized carbons (Fsp3) is 0.318. The number of sulfone groups is 1. The minimum atomic E-state index is -3.66. The zero-order valence-corrected chi connectivity index (χ0v) is 18.7. The van der Waals surface area contributed by atoms with Gasteiger partial charge in [-0.1, -0.05) is 48.5 Å². The maximum Gasteiger partial charge on any atom is 0.407 e. The predicted octanol–water partition coefficient (Wildman–Crippen LogP) is 0.498. The van der Waals surface area contributed by atoms with Gasteiger partial charge in [-0.15, -0.1) is 0 Å². The highest BCUT2D eigenvalue weighted by Crippen LogP contribution is 2.12. The van der Waals surface area contributed by atoms with Crippen molar-refractivity contribution in [3.8, 4) is 0 Å². The zero-order chi connectivity index (χ0) is 24.3. The summed E-state index contributed by atoms with van der Waals surface area (Å²) in [7, 11) is -3.66. The summed E-state index contributed by atoms with van der Waals surface area (Å²) >= 11 is 0. The predicted molar refractivity (Wildman–Crippen MR) is 119 cm³/mol. The van der Waals surface area contributed by atoms with Gasteiger partial charge in [-0.05, 0) is 24.1 Å². The lowest BCUT2D eigenvalue weighted by Gasteiger charge is -2.17. The molecular formula is C22H27N3O7S. The number of ether oxygens (including phenoxy) is 1. The maximum atomic E-state index is 12.4. The molecule has 0 aliphatic rings. The van der Waals surface area contributed by atoms with E-state index in [1.165, 1.54) is 12.1 Å². The summed E-state index contributed by atoms with van der Waals surface area (Å²) in [4.78, 5) is 35.6. The summed E-state index contributed by atoms with van der Waals surface area (Å²) in [6.45, 7) is -0.208. The molecule has 33 heavy (non-hydrogen) atoms. The number of hydrogen-bond acceptors (Lipinski definition) is 7. The van der Waals surface area contributed by atoms with Crippen molar-refractivity contribution >= 4 is 27.7 Å². The van der Waals surface area contributed by atoms with Crippen LogP contribution in [0.1, 0.15) is 18.4 Å². The van der Waals surface area contributed by atoms with Gasteiger partial charge in [0.05, 0.1) is 23.2 Å². The van der Waals surface area contributed by atoms with Crippen LogP contribution in [0.25, 0.3) is 0 Å². The van der Waals surface area contributed by atoms with Gasteiger partial charge in [0.2, 0.25) is 11.8 Å². The van der Waals surface area contributed by atoms with E-state index in [4.69, 9.17) is 10.5 Å². The molecule has 10 nitrogen and oxygen atoms in total. The molecule has 0 bridgehead atoms. The average molecular weight is 478 g/mol. The van der Waals surface area contributed by atoms with Crippen molar-refractivity contribution in [2.75, 3.05) is 12.3 Å². The second-order valence-electron chi connectivity index (χ2n) is 7.24. The van der Waals surface area contributed by atoms with Crippen molar-refractivity contribution in [2.45, 2.75) is 36.5 Å². The van der Waals surface area contributed by atoms with Crippen molar-refractivity contribution in [2.24, 2.45) is 5.73 Å². The Balaban J connectivity index is 1.75. The molecule has 3 amide bonds. The van der Waals surface area contributed by atoms with Crippen molar-refractivity contribution in [3.05, 3.63) is 66.2 Å². The van der Waals surface area contributed by atoms with Crippen LogP contribution in [0.2, 0.25) is 0 Å². The average Bonchev–Trinajstić information content (AvgIpc) is 2.80. The first-order chi connectivity index (χ1) is 15.7. The van der Waals surface area contributed by atoms with Gasteiger partial charge in [-0.2, -0.15) is 0 Å². The Morgan fingerprint density at radius 3 is 2.21 bits per heavy atom. The van der Waals surface area contributed by atoms with Crippen LogP contribution in [0.5, 0.6) is 0 Å². The number of benzene rings is 2. The Hall–Kier alpha value is -3.44. The SMILES string of the molecule is NC(=O)[C@H](CCS(=O)(=O)c1ccccc1)NC(=O)C[C@@H](O)CNC(=O)OCc1ccccc1. The Kier molecular flexibility index (Phi) is 9.83. The number of hydrogen-bond donors (Lipinski definition) is 4. The summed E-state index contributed by atoms with van der Waals surface area (Å²) in [5.41, 5.74) is 6.07. The second-order valence-corrected chi connectivity index (χ2v) is 9.35. The Morgan fingerprint density at radius 2 is 1.61 bits per heavy atom. The minimum absolute atomic E-state index is 0.0510. The van der Waals surface area contributed by atoms with E-state index in [0.717, 1.165) is 5.56 Å². The van der Waals surface area contributed by atoms with E-state index >= 15 is 0 Å². The lowest BCUT2D eigenvalue weighted by atomic mass is 10.2. The Labute approximate surface area is 192 Å². The summed E-state index contributed by atoms with van der Waals surface area (Å²) in [5.74, 6) is -2.02. The lowest BCUT2D eigenvalue weighted by Crippen LogP contribution is -2.46. The molecule has 0 aliphatic carbocycles. The van der Waals surface area contributed by atoms with Gasteiger partial charge in [0.25, 0.3) is 0 Å². The number of nitrogens with two attached hydrogens (primary N) is 1. The highest BCUT2D eigenvalue weighted by Gasteiger charge is 2.24. The largest absolute Gasteiger partial charge is 0.445 e. The molecule has 0 heterocycles. The van der Waals surface area contributed by atoms with Crippen LogP contribution < -0.4 is 16.4 Å². The summed E-state index contributed by atoms with van der Waals surface area (Å²) in [6.07, 6.45) is -2.68. The molecule has 2 atom stereocenters. The number of carbonyl (C=O) groups is 3. The van der Waals surface area contributed by atoms with Gasteiger partial charge in [0, 0.05) is 6.54 Å². The van der Waals surface area contributed by atoms with Crippen molar-refractivity contribution in [1.82, 2.24) is 10.6 Å². The molecular weight excluding hydrogens is 450 g/mol. The van der Waals surface area contributed by atoms with Crippen molar-refractivity contribution in [3.63, 3.8) is 0 Å². The summed E-state index contributed by atoms with van der Waals surface area (Å²) in [5, 5.41) is 14.6. The number of rotatable bonds is 12. The van der Waals surface area contributed by atoms with Gasteiger partial charge < -0.3 is 26.2 Å². The minimum Gasteiger partial charge on any atom is -0.445 e. The molecule has 178 valence electrons. The molecule has 0 saturated carbocycles. The number of aliphatic hydroxyl groups is 1. The van der Waals surface area contributed by atoms with E-state index in [2.05, 4.69) is 10.6 Å². The van der Waals surface area contributed by atoms with E-state index in [1.54, 1.807) is 42.5 Å². The third-order valence-electron chi connectivity index (χ3n) is 4.57. The Bertz CT molecular complexity index is 1030. The number of carbonyl (C=O) groups excluding carboxylic acids is 3. The third kappa shape index (κ3) is 9.29. The highest BCUT2D eigenvalue weighted by atomic mass is 32.2. The topological polar surface area (TPSA) is 165 Å². The summed E-state index contributed by atoms with van der Waals surface area (Å²) < 4.78 is 29.7. The lowest BCUT2D eigenvalue weighted by molar-refractivity contribution is -0.128. The first kappa shape index (κ1) is 25.8. The van der Waals surface area contributed by atoms with Crippen LogP contribution in [0.15, 0.2) is 65.6 Å². The van der Waals surface area contributed by atoms with Gasteiger partial charge in [0.1, 0.15) is 12.6 Å². The number of nitrogens with one attached hydrogen (secondary N) is 2. The zero-order valence-electron chi connectivity index (χ0n) is 17.8. The fourth-order valence-corrected chi connectivity index (χ4v) is 4.17. The van der Waals surface area contributed by atoms with Crippen molar-refractivity contribution in [1.29, 1.82) is 0 Å². The van der Waals surface area contributed by atoms with E-state index in [9.17, 15) is 27.9 Å². The first-order valence-corrected chi connectivity index (χ1v) is 11.8. The molecule has 0 radical (unpaired) electrons. The molecule has 11 heteroatoms. The second kappa shape index (κ2) is 12.6. The molecule has 0 aliphatic heterocycles. The number of primary amides is 1. The monoisotopic (exact) mass is 477 g/mol. The van der Waals surface area contributed by atoms with Crippen LogP contribution in [-0.2, 0) is 30.8 Å². The quantitative estimate of drug-likeness (QED) is 0.345. The smallest absolute Gasteiger partial charge is 0.407 e. The molecule has 2 rings (SSSR count). The van der Waals surface area contributed by atoms with Crippen molar-refractivity contribution < 1.29 is 32.6 Å². The molecule has 0 fully saturated rings. The normalized spacial score (nSPS) is 12.9. The van der Waals surface area contributed by atoms with E-state index in [-0.39, 0.29) is 24.5 Å². The third-order valence-corrected chi connectivity index (χ3v) is 6.34. The molecule has 0 unspecified atom stereocenters. The van der Waals surface area contributed by atoms with Gasteiger partial charge in [-0.3, -0.25) is 9.59 Å². The molecule has 0 aromatic heterocycles.